The van der Waals surface area contributed by atoms with Gasteiger partial charge in [0.2, 0.25) is 0 Å². The van der Waals surface area contributed by atoms with Crippen LogP contribution in [0.25, 0.3) is 10.9 Å². The van der Waals surface area contributed by atoms with Crippen molar-refractivity contribution in [3.8, 4) is 5.75 Å². The fraction of sp³-hybridized carbons (Fsp3) is 0.250. The molecule has 4 rings (SSSR count). The van der Waals surface area contributed by atoms with Crippen molar-refractivity contribution in [3.63, 3.8) is 0 Å². The molecule has 8 heteroatoms. The number of amides is 1. The van der Waals surface area contributed by atoms with E-state index in [-0.39, 0.29) is 43.2 Å². The Bertz CT molecular complexity index is 1340. The highest BCUT2D eigenvalue weighted by Gasteiger charge is 2.18. The topological polar surface area (TPSA) is 107 Å². The van der Waals surface area contributed by atoms with Crippen LogP contribution in [0.1, 0.15) is 40.2 Å². The van der Waals surface area contributed by atoms with E-state index in [4.69, 9.17) is 0 Å². The highest BCUT2D eigenvalue weighted by Crippen LogP contribution is 2.23. The first-order chi connectivity index (χ1) is 17.4. The highest BCUT2D eigenvalue weighted by atomic mass is 19.1. The van der Waals surface area contributed by atoms with Gasteiger partial charge < -0.3 is 30.5 Å². The first-order valence-corrected chi connectivity index (χ1v) is 11.8. The highest BCUT2D eigenvalue weighted by molar-refractivity contribution is 5.98. The minimum atomic E-state index is -0.835. The molecule has 0 saturated heterocycles. The number of aliphatic hydroxyl groups excluding tert-OH is 2. The van der Waals surface area contributed by atoms with Gasteiger partial charge in [0, 0.05) is 42.1 Å². The number of para-hydroxylation sites is 1. The largest absolute Gasteiger partial charge is 0.508 e. The average Bonchev–Trinajstić information content (AvgIpc) is 3.25. The van der Waals surface area contributed by atoms with Crippen LogP contribution in [0.2, 0.25) is 0 Å². The molecule has 0 saturated carbocycles. The molecular formula is C28H30FN3O4. The van der Waals surface area contributed by atoms with E-state index in [1.807, 2.05) is 41.8 Å². The van der Waals surface area contributed by atoms with Gasteiger partial charge in [-0.25, -0.2) is 4.39 Å². The Hall–Kier alpha value is -3.72. The number of hydrogen-bond acceptors (Lipinski definition) is 5. The van der Waals surface area contributed by atoms with Crippen LogP contribution in [0, 0.1) is 5.82 Å². The molecule has 0 aliphatic rings. The Balaban J connectivity index is 1.45. The first-order valence-electron chi connectivity index (χ1n) is 11.8. The molecule has 1 heterocycles. The van der Waals surface area contributed by atoms with Crippen molar-refractivity contribution >= 4 is 16.8 Å². The van der Waals surface area contributed by atoms with Gasteiger partial charge in [-0.05, 0) is 54.4 Å². The molecule has 1 amide bonds. The summed E-state index contributed by atoms with van der Waals surface area (Å²) in [5.41, 5.74) is 3.18. The van der Waals surface area contributed by atoms with Gasteiger partial charge in [-0.2, -0.15) is 0 Å². The van der Waals surface area contributed by atoms with E-state index in [1.165, 1.54) is 18.2 Å². The van der Waals surface area contributed by atoms with Crippen molar-refractivity contribution in [1.82, 2.24) is 15.2 Å². The van der Waals surface area contributed by atoms with Crippen molar-refractivity contribution in [2.45, 2.75) is 38.8 Å². The number of aromatic hydroxyl groups is 1. The molecule has 0 spiro atoms. The molecule has 36 heavy (non-hydrogen) atoms. The molecule has 5 N–H and O–H groups in total. The normalized spacial score (nSPS) is 13.0. The number of nitrogens with zero attached hydrogens (tertiary/aromatic N) is 1. The molecule has 0 bridgehead atoms. The van der Waals surface area contributed by atoms with Gasteiger partial charge >= 0.3 is 0 Å². The SMILES string of the molecule is C[C@H](Cn1c(C(=O)NCc2ccc(F)cc2)cc2ccccc21)NC[C@H](O)c1ccc(O)c(CO)c1. The Morgan fingerprint density at radius 1 is 1.06 bits per heavy atom. The smallest absolute Gasteiger partial charge is 0.268 e. The number of carbonyl (C=O) groups is 1. The van der Waals surface area contributed by atoms with Gasteiger partial charge in [0.25, 0.3) is 5.91 Å². The number of phenols is 1. The van der Waals surface area contributed by atoms with Gasteiger partial charge in [0.05, 0.1) is 12.7 Å². The van der Waals surface area contributed by atoms with Crippen LogP contribution < -0.4 is 10.6 Å². The Morgan fingerprint density at radius 3 is 2.56 bits per heavy atom. The number of carbonyl (C=O) groups excluding carboxylic acids is 1. The zero-order chi connectivity index (χ0) is 25.7. The fourth-order valence-corrected chi connectivity index (χ4v) is 4.18. The van der Waals surface area contributed by atoms with E-state index < -0.39 is 6.10 Å². The third-order valence-corrected chi connectivity index (χ3v) is 6.18. The van der Waals surface area contributed by atoms with Gasteiger partial charge in [-0.15, -0.1) is 0 Å². The molecule has 0 fully saturated rings. The average molecular weight is 492 g/mol. The van der Waals surface area contributed by atoms with Crippen LogP contribution >= 0.6 is 0 Å². The second-order valence-corrected chi connectivity index (χ2v) is 8.88. The molecule has 2 atom stereocenters. The van der Waals surface area contributed by atoms with Crippen molar-refractivity contribution in [2.24, 2.45) is 0 Å². The minimum absolute atomic E-state index is 0.0144. The number of rotatable bonds is 10. The lowest BCUT2D eigenvalue weighted by Gasteiger charge is -2.20. The number of nitrogens with one attached hydrogen (secondary N) is 2. The zero-order valence-corrected chi connectivity index (χ0v) is 20.0. The van der Waals surface area contributed by atoms with Gasteiger partial charge in [0.15, 0.2) is 0 Å². The minimum Gasteiger partial charge on any atom is -0.508 e. The maximum atomic E-state index is 13.2. The molecule has 0 radical (unpaired) electrons. The van der Waals surface area contributed by atoms with Gasteiger partial charge in [-0.1, -0.05) is 36.4 Å². The summed E-state index contributed by atoms with van der Waals surface area (Å²) in [6, 6.07) is 20.2. The van der Waals surface area contributed by atoms with Crippen LogP contribution in [-0.4, -0.2) is 38.4 Å². The lowest BCUT2D eigenvalue weighted by Crippen LogP contribution is -2.35. The lowest BCUT2D eigenvalue weighted by atomic mass is 10.1. The predicted octanol–water partition coefficient (Wildman–Crippen LogP) is 3.62. The number of hydrogen-bond donors (Lipinski definition) is 5. The summed E-state index contributed by atoms with van der Waals surface area (Å²) in [7, 11) is 0. The van der Waals surface area contributed by atoms with Crippen LogP contribution in [0.15, 0.2) is 72.8 Å². The molecule has 0 aliphatic carbocycles. The second kappa shape index (κ2) is 11.3. The number of fused-ring (bicyclic) bond motifs is 1. The second-order valence-electron chi connectivity index (χ2n) is 8.88. The predicted molar refractivity (Wildman–Crippen MR) is 136 cm³/mol. The summed E-state index contributed by atoms with van der Waals surface area (Å²) < 4.78 is 15.1. The van der Waals surface area contributed by atoms with E-state index in [0.29, 0.717) is 23.4 Å². The summed E-state index contributed by atoms with van der Waals surface area (Å²) in [5, 5.41) is 36.8. The third kappa shape index (κ3) is 5.91. The number of aromatic nitrogens is 1. The van der Waals surface area contributed by atoms with Crippen LogP contribution in [0.5, 0.6) is 5.75 Å². The molecule has 188 valence electrons. The maximum Gasteiger partial charge on any atom is 0.268 e. The van der Waals surface area contributed by atoms with Crippen LogP contribution in [0.4, 0.5) is 4.39 Å². The van der Waals surface area contributed by atoms with Crippen molar-refractivity contribution < 1.29 is 24.5 Å². The van der Waals surface area contributed by atoms with E-state index in [1.54, 1.807) is 24.3 Å². The summed E-state index contributed by atoms with van der Waals surface area (Å²) in [4.78, 5) is 13.1. The fourth-order valence-electron chi connectivity index (χ4n) is 4.18. The standard InChI is InChI=1S/C28H30FN3O4/c1-18(30-15-27(35)21-8-11-26(34)22(12-21)17-33)16-32-24-5-3-2-4-20(24)13-25(32)28(36)31-14-19-6-9-23(29)10-7-19/h2-13,18,27,30,33-35H,14-17H2,1H3,(H,31,36)/t18-,27+/m1/s1. The van der Waals surface area contributed by atoms with Gasteiger partial charge in [-0.3, -0.25) is 4.79 Å². The Morgan fingerprint density at radius 2 is 1.81 bits per heavy atom. The van der Waals surface area contributed by atoms with Crippen LogP contribution in [0.3, 0.4) is 0 Å². The van der Waals surface area contributed by atoms with Crippen molar-refractivity contribution in [3.05, 3.63) is 101 Å². The third-order valence-electron chi connectivity index (χ3n) is 6.18. The van der Waals surface area contributed by atoms with Crippen molar-refractivity contribution in [1.29, 1.82) is 0 Å². The van der Waals surface area contributed by atoms with Gasteiger partial charge in [0.1, 0.15) is 17.3 Å². The number of aliphatic hydroxyl groups is 2. The Kier molecular flexibility index (Phi) is 8.00. The molecule has 1 aromatic heterocycles. The monoisotopic (exact) mass is 491 g/mol. The molecule has 7 nitrogen and oxygen atoms in total. The lowest BCUT2D eigenvalue weighted by molar-refractivity contribution is 0.0941. The molecule has 0 aliphatic heterocycles. The van der Waals surface area contributed by atoms with E-state index in [2.05, 4.69) is 10.6 Å². The van der Waals surface area contributed by atoms with Crippen molar-refractivity contribution in [2.75, 3.05) is 6.54 Å². The van der Waals surface area contributed by atoms with E-state index in [0.717, 1.165) is 16.5 Å². The summed E-state index contributed by atoms with van der Waals surface area (Å²) in [5.74, 6) is -0.570. The number of benzene rings is 3. The number of halogens is 1. The molecule has 3 aromatic carbocycles. The van der Waals surface area contributed by atoms with Crippen LogP contribution in [-0.2, 0) is 19.7 Å². The molecule has 0 unspecified atom stereocenters. The quantitative estimate of drug-likeness (QED) is 0.233. The van der Waals surface area contributed by atoms with E-state index >= 15 is 0 Å². The Labute approximate surface area is 208 Å². The summed E-state index contributed by atoms with van der Waals surface area (Å²) in [6.45, 7) is 2.67. The first kappa shape index (κ1) is 25.4. The molecule has 4 aromatic rings. The van der Waals surface area contributed by atoms with E-state index in [9.17, 15) is 24.5 Å². The summed E-state index contributed by atoms with van der Waals surface area (Å²) >= 11 is 0. The zero-order valence-electron chi connectivity index (χ0n) is 20.0. The maximum absolute atomic E-state index is 13.2. The molecular weight excluding hydrogens is 461 g/mol. The summed E-state index contributed by atoms with van der Waals surface area (Å²) in [6.07, 6.45) is -0.835.